The summed E-state index contributed by atoms with van der Waals surface area (Å²) in [4.78, 5) is 17.0. The van der Waals surface area contributed by atoms with Crippen LogP contribution in [0.5, 0.6) is 0 Å². The Bertz CT molecular complexity index is 1080. The number of hydrogen-bond donors (Lipinski definition) is 0. The van der Waals surface area contributed by atoms with Crippen LogP contribution in [0.15, 0.2) is 51.8 Å². The summed E-state index contributed by atoms with van der Waals surface area (Å²) in [6, 6.07) is 13.1. The molecule has 2 heterocycles. The molecule has 1 saturated heterocycles. The number of anilines is 1. The summed E-state index contributed by atoms with van der Waals surface area (Å²) in [6.45, 7) is 5.28. The predicted octanol–water partition coefficient (Wildman–Crippen LogP) is 3.13. The van der Waals surface area contributed by atoms with Gasteiger partial charge in [0.15, 0.2) is 5.84 Å². The molecule has 0 radical (unpaired) electrons. The van der Waals surface area contributed by atoms with Crippen molar-refractivity contribution in [3.8, 4) is 0 Å². The Morgan fingerprint density at radius 2 is 1.69 bits per heavy atom. The Morgan fingerprint density at radius 3 is 2.34 bits per heavy atom. The van der Waals surface area contributed by atoms with Gasteiger partial charge in [-0.25, -0.2) is 0 Å². The molecule has 1 fully saturated rings. The van der Waals surface area contributed by atoms with Crippen LogP contribution < -0.4 is 4.90 Å². The van der Waals surface area contributed by atoms with E-state index in [1.165, 1.54) is 0 Å². The lowest BCUT2D eigenvalue weighted by Crippen LogP contribution is -2.43. The molecule has 0 aromatic heterocycles. The highest BCUT2D eigenvalue weighted by molar-refractivity contribution is 7.90. The summed E-state index contributed by atoms with van der Waals surface area (Å²) in [6.07, 6.45) is 1.35. The van der Waals surface area contributed by atoms with Crippen LogP contribution in [0.4, 0.5) is 5.69 Å². The lowest BCUT2D eigenvalue weighted by atomic mass is 9.94. The fourth-order valence-corrected chi connectivity index (χ4v) is 5.43. The fourth-order valence-electron chi connectivity index (χ4n) is 4.20. The smallest absolute Gasteiger partial charge is 0.285 e. The van der Waals surface area contributed by atoms with E-state index >= 15 is 0 Å². The lowest BCUT2D eigenvalue weighted by molar-refractivity contribution is -0.123. The number of fused-ring (bicyclic) bond motifs is 1. The Hall–Kier alpha value is -2.67. The molecule has 4 rings (SSSR count). The summed E-state index contributed by atoms with van der Waals surface area (Å²) in [7, 11) is -1.79. The standard InChI is InChI=1S/C22H25N3O3S/c1-15-12-16(2)14-18(13-15)24(3)22(26)17-8-10-25(11-9-17)21-19-6-4-5-7-20(19)29(27,28)23-21/h4-7,12-14,17H,8-11H2,1-3H3. The number of hydrogen-bond acceptors (Lipinski definition) is 4. The molecule has 0 aliphatic carbocycles. The van der Waals surface area contributed by atoms with Crippen LogP contribution in [0.2, 0.25) is 0 Å². The van der Waals surface area contributed by atoms with Gasteiger partial charge in [0.25, 0.3) is 10.0 Å². The number of amidine groups is 1. The van der Waals surface area contributed by atoms with Crippen LogP contribution in [0.25, 0.3) is 0 Å². The van der Waals surface area contributed by atoms with Gasteiger partial charge >= 0.3 is 0 Å². The van der Waals surface area contributed by atoms with Gasteiger partial charge in [-0.3, -0.25) is 4.79 Å². The summed E-state index contributed by atoms with van der Waals surface area (Å²) >= 11 is 0. The fraction of sp³-hybridized carbons (Fsp3) is 0.364. The molecular formula is C22H25N3O3S. The van der Waals surface area contributed by atoms with Crippen molar-refractivity contribution in [2.75, 3.05) is 25.0 Å². The van der Waals surface area contributed by atoms with Crippen LogP contribution in [0.3, 0.4) is 0 Å². The second-order valence-corrected chi connectivity index (χ2v) is 9.46. The summed E-state index contributed by atoms with van der Waals surface area (Å²) < 4.78 is 28.6. The number of piperidine rings is 1. The van der Waals surface area contributed by atoms with Crippen molar-refractivity contribution >= 4 is 27.5 Å². The topological polar surface area (TPSA) is 70.1 Å². The minimum atomic E-state index is -3.62. The van der Waals surface area contributed by atoms with E-state index in [1.807, 2.05) is 44.0 Å². The molecule has 2 aliphatic rings. The van der Waals surface area contributed by atoms with E-state index in [1.54, 1.807) is 23.1 Å². The van der Waals surface area contributed by atoms with Crippen molar-refractivity contribution in [1.82, 2.24) is 4.90 Å². The van der Waals surface area contributed by atoms with E-state index in [-0.39, 0.29) is 16.7 Å². The minimum absolute atomic E-state index is 0.0778. The minimum Gasteiger partial charge on any atom is -0.355 e. The third kappa shape index (κ3) is 3.67. The second-order valence-electron chi connectivity index (χ2n) is 7.89. The van der Waals surface area contributed by atoms with Crippen LogP contribution in [-0.2, 0) is 14.8 Å². The summed E-state index contributed by atoms with van der Waals surface area (Å²) in [5.41, 5.74) is 3.84. The average Bonchev–Trinajstić information content (AvgIpc) is 2.98. The molecule has 2 aromatic rings. The monoisotopic (exact) mass is 411 g/mol. The van der Waals surface area contributed by atoms with E-state index in [0.717, 1.165) is 16.8 Å². The predicted molar refractivity (Wildman–Crippen MR) is 114 cm³/mol. The van der Waals surface area contributed by atoms with Crippen molar-refractivity contribution in [2.24, 2.45) is 10.3 Å². The lowest BCUT2D eigenvalue weighted by Gasteiger charge is -2.34. The Balaban J connectivity index is 1.47. The van der Waals surface area contributed by atoms with Crippen LogP contribution in [-0.4, -0.2) is 45.2 Å². The Labute approximate surface area is 171 Å². The van der Waals surface area contributed by atoms with Gasteiger partial charge in [-0.05, 0) is 62.1 Å². The molecule has 1 amide bonds. The number of benzene rings is 2. The highest BCUT2D eigenvalue weighted by atomic mass is 32.2. The first-order valence-corrected chi connectivity index (χ1v) is 11.3. The number of aryl methyl sites for hydroxylation is 2. The highest BCUT2D eigenvalue weighted by Crippen LogP contribution is 2.30. The summed E-state index contributed by atoms with van der Waals surface area (Å²) in [5.74, 6) is 0.538. The van der Waals surface area contributed by atoms with Gasteiger partial charge in [0, 0.05) is 37.3 Å². The molecule has 152 valence electrons. The number of rotatable bonds is 2. The van der Waals surface area contributed by atoms with Crippen LogP contribution in [0.1, 0.15) is 29.5 Å². The molecule has 0 N–H and O–H groups in total. The largest absolute Gasteiger partial charge is 0.355 e. The van der Waals surface area contributed by atoms with Crippen molar-refractivity contribution < 1.29 is 13.2 Å². The zero-order valence-electron chi connectivity index (χ0n) is 16.9. The number of carbonyl (C=O) groups is 1. The molecule has 2 aliphatic heterocycles. The van der Waals surface area contributed by atoms with E-state index in [0.29, 0.717) is 37.3 Å². The number of sulfonamides is 1. The molecule has 29 heavy (non-hydrogen) atoms. The van der Waals surface area contributed by atoms with Gasteiger partial charge in [-0.15, -0.1) is 4.40 Å². The maximum atomic E-state index is 13.0. The summed E-state index contributed by atoms with van der Waals surface area (Å²) in [5, 5.41) is 0. The van der Waals surface area contributed by atoms with Gasteiger partial charge in [0.2, 0.25) is 5.91 Å². The van der Waals surface area contributed by atoms with Crippen molar-refractivity contribution in [2.45, 2.75) is 31.6 Å². The molecule has 0 spiro atoms. The van der Waals surface area contributed by atoms with E-state index in [9.17, 15) is 13.2 Å². The molecule has 6 nitrogen and oxygen atoms in total. The van der Waals surface area contributed by atoms with Gasteiger partial charge in [0.1, 0.15) is 4.90 Å². The highest BCUT2D eigenvalue weighted by Gasteiger charge is 2.35. The molecular weight excluding hydrogens is 386 g/mol. The molecule has 0 unspecified atom stereocenters. The van der Waals surface area contributed by atoms with Gasteiger partial charge in [-0.1, -0.05) is 18.2 Å². The van der Waals surface area contributed by atoms with E-state index in [4.69, 9.17) is 0 Å². The molecule has 7 heteroatoms. The zero-order chi connectivity index (χ0) is 20.8. The molecule has 0 saturated carbocycles. The van der Waals surface area contributed by atoms with Crippen molar-refractivity contribution in [3.63, 3.8) is 0 Å². The number of likely N-dealkylation sites (tertiary alicyclic amines) is 1. The van der Waals surface area contributed by atoms with Gasteiger partial charge < -0.3 is 9.80 Å². The Kier molecular flexibility index (Phi) is 4.94. The van der Waals surface area contributed by atoms with Crippen LogP contribution in [0, 0.1) is 19.8 Å². The third-order valence-electron chi connectivity index (χ3n) is 5.68. The molecule has 2 aromatic carbocycles. The normalized spacial score (nSPS) is 18.3. The first kappa shape index (κ1) is 19.6. The average molecular weight is 412 g/mol. The van der Waals surface area contributed by atoms with E-state index in [2.05, 4.69) is 10.5 Å². The maximum absolute atomic E-state index is 13.0. The van der Waals surface area contributed by atoms with Crippen molar-refractivity contribution in [3.05, 3.63) is 59.2 Å². The van der Waals surface area contributed by atoms with Crippen LogP contribution >= 0.6 is 0 Å². The first-order chi connectivity index (χ1) is 13.8. The quantitative estimate of drug-likeness (QED) is 0.761. The van der Waals surface area contributed by atoms with Gasteiger partial charge in [0.05, 0.1) is 0 Å². The zero-order valence-corrected chi connectivity index (χ0v) is 17.7. The maximum Gasteiger partial charge on any atom is 0.285 e. The molecule has 0 bridgehead atoms. The first-order valence-electron chi connectivity index (χ1n) is 9.81. The SMILES string of the molecule is Cc1cc(C)cc(N(C)C(=O)C2CCN(C3=NS(=O)(=O)c4ccccc43)CC2)c1. The van der Waals surface area contributed by atoms with Gasteiger partial charge in [-0.2, -0.15) is 8.42 Å². The number of amides is 1. The second kappa shape index (κ2) is 7.30. The number of nitrogens with zero attached hydrogens (tertiary/aromatic N) is 3. The number of carbonyl (C=O) groups excluding carboxylic acids is 1. The third-order valence-corrected chi connectivity index (χ3v) is 7.01. The van der Waals surface area contributed by atoms with E-state index < -0.39 is 10.0 Å². The molecule has 0 atom stereocenters. The van der Waals surface area contributed by atoms with Crippen molar-refractivity contribution in [1.29, 1.82) is 0 Å². The Morgan fingerprint density at radius 1 is 1.07 bits per heavy atom.